The topological polar surface area (TPSA) is 68.7 Å². The van der Waals surface area contributed by atoms with Crippen molar-refractivity contribution in [3.8, 4) is 17.2 Å². The first-order chi connectivity index (χ1) is 11.2. The van der Waals surface area contributed by atoms with Crippen LogP contribution in [0.4, 0.5) is 0 Å². The summed E-state index contributed by atoms with van der Waals surface area (Å²) in [4.78, 5) is 15.2. The number of pyridine rings is 1. The number of ether oxygens (including phenoxy) is 2. The number of carboxylic acids is 1. The van der Waals surface area contributed by atoms with E-state index in [0.29, 0.717) is 22.8 Å². The van der Waals surface area contributed by atoms with Crippen LogP contribution in [-0.2, 0) is 11.2 Å². The number of para-hydroxylation sites is 1. The van der Waals surface area contributed by atoms with Crippen LogP contribution < -0.4 is 9.47 Å². The number of aromatic nitrogens is 1. The van der Waals surface area contributed by atoms with E-state index in [2.05, 4.69) is 4.98 Å². The Hall–Kier alpha value is -3.08. The Morgan fingerprint density at radius 3 is 2.74 bits per heavy atom. The average Bonchev–Trinajstić information content (AvgIpc) is 2.56. The van der Waals surface area contributed by atoms with Crippen molar-refractivity contribution in [2.45, 2.75) is 6.42 Å². The molecule has 5 heteroatoms. The molecule has 1 aromatic heterocycles. The third-order valence-corrected chi connectivity index (χ3v) is 3.44. The Kier molecular flexibility index (Phi) is 4.10. The second kappa shape index (κ2) is 6.36. The van der Waals surface area contributed by atoms with E-state index in [4.69, 9.17) is 14.6 Å². The maximum absolute atomic E-state index is 10.9. The quantitative estimate of drug-likeness (QED) is 0.779. The maximum Gasteiger partial charge on any atom is 0.307 e. The summed E-state index contributed by atoms with van der Waals surface area (Å²) in [6, 6.07) is 14.6. The summed E-state index contributed by atoms with van der Waals surface area (Å²) < 4.78 is 11.2. The van der Waals surface area contributed by atoms with E-state index in [9.17, 15) is 4.79 Å². The largest absolute Gasteiger partial charge is 0.496 e. The van der Waals surface area contributed by atoms with E-state index in [1.165, 1.54) is 7.11 Å². The second-order valence-electron chi connectivity index (χ2n) is 4.97. The molecule has 0 aliphatic heterocycles. The maximum atomic E-state index is 10.9. The van der Waals surface area contributed by atoms with Gasteiger partial charge in [-0.2, -0.15) is 0 Å². The molecule has 1 heterocycles. The van der Waals surface area contributed by atoms with Gasteiger partial charge < -0.3 is 14.6 Å². The zero-order chi connectivity index (χ0) is 16.2. The van der Waals surface area contributed by atoms with Gasteiger partial charge in [-0.3, -0.25) is 9.78 Å². The van der Waals surface area contributed by atoms with Gasteiger partial charge in [0.1, 0.15) is 17.2 Å². The van der Waals surface area contributed by atoms with E-state index in [-0.39, 0.29) is 6.42 Å². The second-order valence-corrected chi connectivity index (χ2v) is 4.97. The molecule has 0 radical (unpaired) electrons. The summed E-state index contributed by atoms with van der Waals surface area (Å²) in [5, 5.41) is 9.82. The number of hydrogen-bond donors (Lipinski definition) is 1. The summed E-state index contributed by atoms with van der Waals surface area (Å²) in [5.41, 5.74) is 1.45. The van der Waals surface area contributed by atoms with Crippen molar-refractivity contribution in [3.63, 3.8) is 0 Å². The van der Waals surface area contributed by atoms with Crippen LogP contribution in [0.3, 0.4) is 0 Å². The average molecular weight is 309 g/mol. The van der Waals surface area contributed by atoms with E-state index < -0.39 is 5.97 Å². The fourth-order valence-corrected chi connectivity index (χ4v) is 2.38. The summed E-state index contributed by atoms with van der Waals surface area (Å²) in [7, 11) is 1.51. The number of carboxylic acid groups (broad SMARTS) is 1. The molecule has 0 aliphatic rings. The summed E-state index contributed by atoms with van der Waals surface area (Å²) >= 11 is 0. The van der Waals surface area contributed by atoms with Crippen LogP contribution in [0.25, 0.3) is 10.9 Å². The highest BCUT2D eigenvalue weighted by atomic mass is 16.5. The first-order valence-electron chi connectivity index (χ1n) is 7.07. The standard InChI is InChI=1S/C18H15NO4/c1-22-17-11-13(7-6-12(17)10-18(20)21)23-16-8-9-19-15-5-3-2-4-14(15)16/h2-9,11H,10H2,1H3,(H,20,21). The molecule has 0 fully saturated rings. The minimum Gasteiger partial charge on any atom is -0.496 e. The molecule has 0 unspecified atom stereocenters. The van der Waals surface area contributed by atoms with Gasteiger partial charge in [-0.25, -0.2) is 0 Å². The summed E-state index contributed by atoms with van der Waals surface area (Å²) in [6.07, 6.45) is 1.59. The van der Waals surface area contributed by atoms with Gasteiger partial charge in [-0.05, 0) is 24.3 Å². The first kappa shape index (κ1) is 14.8. The van der Waals surface area contributed by atoms with Crippen molar-refractivity contribution in [1.29, 1.82) is 0 Å². The molecule has 3 aromatic rings. The fourth-order valence-electron chi connectivity index (χ4n) is 2.38. The molecule has 0 atom stereocenters. The number of rotatable bonds is 5. The van der Waals surface area contributed by atoms with Crippen LogP contribution in [0.2, 0.25) is 0 Å². The molecule has 116 valence electrons. The molecular formula is C18H15NO4. The molecule has 0 saturated carbocycles. The Morgan fingerprint density at radius 2 is 1.96 bits per heavy atom. The van der Waals surface area contributed by atoms with Gasteiger partial charge >= 0.3 is 5.97 Å². The van der Waals surface area contributed by atoms with Crippen LogP contribution in [0, 0.1) is 0 Å². The summed E-state index contributed by atoms with van der Waals surface area (Å²) in [6.45, 7) is 0. The Balaban J connectivity index is 1.94. The third-order valence-electron chi connectivity index (χ3n) is 3.44. The minimum atomic E-state index is -0.905. The van der Waals surface area contributed by atoms with Crippen molar-refractivity contribution in [1.82, 2.24) is 4.98 Å². The number of benzene rings is 2. The Bertz CT molecular complexity index is 855. The molecule has 1 N–H and O–H groups in total. The van der Waals surface area contributed by atoms with Crippen LogP contribution in [0.5, 0.6) is 17.2 Å². The van der Waals surface area contributed by atoms with Gasteiger partial charge in [0.25, 0.3) is 0 Å². The lowest BCUT2D eigenvalue weighted by Gasteiger charge is -2.12. The lowest BCUT2D eigenvalue weighted by Crippen LogP contribution is -2.02. The zero-order valence-corrected chi connectivity index (χ0v) is 12.5. The number of aliphatic carboxylic acids is 1. The fraction of sp³-hybridized carbons (Fsp3) is 0.111. The smallest absolute Gasteiger partial charge is 0.307 e. The minimum absolute atomic E-state index is 0.0956. The predicted molar refractivity (Wildman–Crippen MR) is 86.2 cm³/mol. The number of carbonyl (C=O) groups is 1. The highest BCUT2D eigenvalue weighted by molar-refractivity contribution is 5.85. The van der Waals surface area contributed by atoms with Crippen LogP contribution in [-0.4, -0.2) is 23.2 Å². The van der Waals surface area contributed by atoms with Crippen molar-refractivity contribution >= 4 is 16.9 Å². The number of hydrogen-bond acceptors (Lipinski definition) is 4. The molecule has 0 saturated heterocycles. The lowest BCUT2D eigenvalue weighted by atomic mass is 10.1. The van der Waals surface area contributed by atoms with Gasteiger partial charge in [0.2, 0.25) is 0 Å². The normalized spacial score (nSPS) is 10.5. The van der Waals surface area contributed by atoms with Crippen LogP contribution >= 0.6 is 0 Å². The highest BCUT2D eigenvalue weighted by Gasteiger charge is 2.10. The van der Waals surface area contributed by atoms with Gasteiger partial charge in [-0.1, -0.05) is 18.2 Å². The molecular weight excluding hydrogens is 294 g/mol. The highest BCUT2D eigenvalue weighted by Crippen LogP contribution is 2.32. The van der Waals surface area contributed by atoms with Crippen molar-refractivity contribution < 1.29 is 19.4 Å². The van der Waals surface area contributed by atoms with Gasteiger partial charge in [0, 0.05) is 23.2 Å². The predicted octanol–water partition coefficient (Wildman–Crippen LogP) is 3.66. The van der Waals surface area contributed by atoms with Crippen LogP contribution in [0.15, 0.2) is 54.7 Å². The SMILES string of the molecule is COc1cc(Oc2ccnc3ccccc23)ccc1CC(=O)O. The van der Waals surface area contributed by atoms with Gasteiger partial charge in [0.05, 0.1) is 19.0 Å². The number of nitrogens with zero attached hydrogens (tertiary/aromatic N) is 1. The number of fused-ring (bicyclic) bond motifs is 1. The van der Waals surface area contributed by atoms with Crippen molar-refractivity contribution in [2.24, 2.45) is 0 Å². The number of methoxy groups -OCH3 is 1. The monoisotopic (exact) mass is 309 g/mol. The van der Waals surface area contributed by atoms with Crippen molar-refractivity contribution in [2.75, 3.05) is 7.11 Å². The van der Waals surface area contributed by atoms with Crippen molar-refractivity contribution in [3.05, 3.63) is 60.3 Å². The van der Waals surface area contributed by atoms with E-state index in [1.54, 1.807) is 30.5 Å². The lowest BCUT2D eigenvalue weighted by molar-refractivity contribution is -0.136. The Morgan fingerprint density at radius 1 is 1.13 bits per heavy atom. The third kappa shape index (κ3) is 3.23. The molecule has 0 bridgehead atoms. The molecule has 3 rings (SSSR count). The summed E-state index contributed by atoms with van der Waals surface area (Å²) in [5.74, 6) is 0.844. The van der Waals surface area contributed by atoms with E-state index in [1.807, 2.05) is 24.3 Å². The zero-order valence-electron chi connectivity index (χ0n) is 12.5. The Labute approximate surface area is 133 Å². The molecule has 2 aromatic carbocycles. The van der Waals surface area contributed by atoms with E-state index in [0.717, 1.165) is 10.9 Å². The van der Waals surface area contributed by atoms with Gasteiger partial charge in [0.15, 0.2) is 0 Å². The molecule has 0 amide bonds. The molecule has 23 heavy (non-hydrogen) atoms. The molecule has 0 aliphatic carbocycles. The first-order valence-corrected chi connectivity index (χ1v) is 7.07. The van der Waals surface area contributed by atoms with Gasteiger partial charge in [-0.15, -0.1) is 0 Å². The van der Waals surface area contributed by atoms with Crippen LogP contribution in [0.1, 0.15) is 5.56 Å². The molecule has 0 spiro atoms. The molecule has 5 nitrogen and oxygen atoms in total. The van der Waals surface area contributed by atoms with E-state index >= 15 is 0 Å².